The van der Waals surface area contributed by atoms with Crippen LogP contribution in [0.5, 0.6) is 0 Å². The smallest absolute Gasteiger partial charge is 0.251 e. The standard InChI is InChI=1S/C35H34N8O4/c1-22(38-2)33(44)39-28-21-42(34(45)24-13-15-47-16-14-24)32-17-23(18-36)11-12-31(32)41(35(28)46)20-27-26-8-4-6-10-30(26)43(40-27)29-9-5-3-7-25(29)19-37/h3-12,17,22,24,28,38H,13-16,20-21H2,1-2H3,(H,39,44). The van der Waals surface area contributed by atoms with Crippen LogP contribution in [0.4, 0.5) is 11.4 Å². The van der Waals surface area contributed by atoms with E-state index in [0.717, 1.165) is 10.9 Å². The number of amides is 3. The number of hydrogen-bond acceptors (Lipinski definition) is 8. The Bertz CT molecular complexity index is 1930. The van der Waals surface area contributed by atoms with Crippen LogP contribution >= 0.6 is 0 Å². The average molecular weight is 631 g/mol. The fraction of sp³-hybridized carbons (Fsp3) is 0.314. The summed E-state index contributed by atoms with van der Waals surface area (Å²) >= 11 is 0. The Morgan fingerprint density at radius 2 is 1.74 bits per heavy atom. The van der Waals surface area contributed by atoms with Crippen LogP contribution in [0.2, 0.25) is 0 Å². The van der Waals surface area contributed by atoms with E-state index in [4.69, 9.17) is 9.84 Å². The molecule has 4 aromatic rings. The second kappa shape index (κ2) is 13.4. The van der Waals surface area contributed by atoms with Gasteiger partial charge in [-0.15, -0.1) is 0 Å². The first-order valence-electron chi connectivity index (χ1n) is 15.5. The van der Waals surface area contributed by atoms with Crippen molar-refractivity contribution < 1.29 is 19.1 Å². The molecule has 12 nitrogen and oxygen atoms in total. The Morgan fingerprint density at radius 1 is 1.00 bits per heavy atom. The average Bonchev–Trinajstić information content (AvgIpc) is 3.44. The van der Waals surface area contributed by atoms with E-state index >= 15 is 0 Å². The third-order valence-corrected chi connectivity index (χ3v) is 8.82. The van der Waals surface area contributed by atoms with Gasteiger partial charge in [-0.25, -0.2) is 4.68 Å². The monoisotopic (exact) mass is 630 g/mol. The van der Waals surface area contributed by atoms with Gasteiger partial charge in [0, 0.05) is 24.5 Å². The summed E-state index contributed by atoms with van der Waals surface area (Å²) in [6, 6.07) is 22.3. The fourth-order valence-corrected chi connectivity index (χ4v) is 6.11. The van der Waals surface area contributed by atoms with Gasteiger partial charge in [-0.05, 0) is 63.2 Å². The van der Waals surface area contributed by atoms with Crippen molar-refractivity contribution in [3.8, 4) is 17.8 Å². The molecule has 0 saturated carbocycles. The van der Waals surface area contributed by atoms with Crippen molar-refractivity contribution in [2.24, 2.45) is 5.92 Å². The SMILES string of the molecule is CNC(C)C(=O)NC1CN(C(=O)C2CCOCC2)c2cc(C#N)ccc2N(Cc2nn(-c3ccccc3C#N)c3ccccc23)C1=O. The molecule has 238 valence electrons. The Balaban J connectivity index is 1.49. The number of likely N-dealkylation sites (N-methyl/N-ethyl adjacent to an activating group) is 1. The van der Waals surface area contributed by atoms with Gasteiger partial charge in [-0.2, -0.15) is 15.6 Å². The lowest BCUT2D eigenvalue weighted by atomic mass is 9.97. The Labute approximate surface area is 272 Å². The molecular weight excluding hydrogens is 596 g/mol. The summed E-state index contributed by atoms with van der Waals surface area (Å²) in [4.78, 5) is 44.9. The molecule has 0 radical (unpaired) electrons. The predicted octanol–water partition coefficient (Wildman–Crippen LogP) is 3.17. The van der Waals surface area contributed by atoms with Crippen molar-refractivity contribution >= 4 is 40.0 Å². The number of nitriles is 2. The molecule has 3 aromatic carbocycles. The lowest BCUT2D eigenvalue weighted by molar-refractivity contribution is -0.129. The van der Waals surface area contributed by atoms with Crippen LogP contribution < -0.4 is 20.4 Å². The maximum atomic E-state index is 14.6. The molecule has 12 heteroatoms. The van der Waals surface area contributed by atoms with E-state index in [1.807, 2.05) is 36.4 Å². The second-order valence-corrected chi connectivity index (χ2v) is 11.7. The van der Waals surface area contributed by atoms with Gasteiger partial charge in [0.05, 0.1) is 64.6 Å². The number of fused-ring (bicyclic) bond motifs is 2. The van der Waals surface area contributed by atoms with Crippen molar-refractivity contribution in [2.75, 3.05) is 36.6 Å². The van der Waals surface area contributed by atoms with E-state index in [2.05, 4.69) is 22.8 Å². The van der Waals surface area contributed by atoms with Gasteiger partial charge in [0.1, 0.15) is 12.1 Å². The maximum Gasteiger partial charge on any atom is 0.251 e. The van der Waals surface area contributed by atoms with Crippen LogP contribution in [0.1, 0.15) is 36.6 Å². The minimum Gasteiger partial charge on any atom is -0.381 e. The number of hydrogen-bond donors (Lipinski definition) is 2. The lowest BCUT2D eigenvalue weighted by Crippen LogP contribution is -2.56. The first-order chi connectivity index (χ1) is 22.8. The molecule has 0 spiro atoms. The normalized spacial score (nSPS) is 17.4. The van der Waals surface area contributed by atoms with Crippen LogP contribution in [0.15, 0.2) is 66.7 Å². The zero-order chi connectivity index (χ0) is 33.1. The number of carbonyl (C=O) groups excluding carboxylic acids is 3. The molecule has 1 aromatic heterocycles. The quantitative estimate of drug-likeness (QED) is 0.315. The molecule has 1 saturated heterocycles. The number of benzene rings is 3. The number of nitrogens with zero attached hydrogens (tertiary/aromatic N) is 6. The van der Waals surface area contributed by atoms with E-state index in [1.54, 1.807) is 53.9 Å². The molecule has 6 rings (SSSR count). The molecule has 0 aliphatic carbocycles. The van der Waals surface area contributed by atoms with Crippen LogP contribution in [-0.2, 0) is 25.7 Å². The molecule has 47 heavy (non-hydrogen) atoms. The van der Waals surface area contributed by atoms with E-state index in [9.17, 15) is 24.9 Å². The predicted molar refractivity (Wildman–Crippen MR) is 174 cm³/mol. The maximum absolute atomic E-state index is 14.6. The fourth-order valence-electron chi connectivity index (χ4n) is 6.11. The highest BCUT2D eigenvalue weighted by molar-refractivity contribution is 6.09. The molecule has 2 atom stereocenters. The molecule has 2 aliphatic heterocycles. The van der Waals surface area contributed by atoms with Crippen LogP contribution in [-0.4, -0.2) is 66.4 Å². The van der Waals surface area contributed by atoms with Crippen molar-refractivity contribution in [3.05, 3.63) is 83.6 Å². The van der Waals surface area contributed by atoms with E-state index < -0.39 is 23.9 Å². The van der Waals surface area contributed by atoms with E-state index in [0.29, 0.717) is 59.9 Å². The van der Waals surface area contributed by atoms with Gasteiger partial charge >= 0.3 is 0 Å². The van der Waals surface area contributed by atoms with E-state index in [1.165, 1.54) is 4.90 Å². The number of para-hydroxylation sites is 2. The Morgan fingerprint density at radius 3 is 2.49 bits per heavy atom. The molecular formula is C35H34N8O4. The summed E-state index contributed by atoms with van der Waals surface area (Å²) in [6.45, 7) is 2.47. The summed E-state index contributed by atoms with van der Waals surface area (Å²) in [5.74, 6) is -1.35. The van der Waals surface area contributed by atoms with Gasteiger partial charge in [0.2, 0.25) is 11.8 Å². The molecule has 3 heterocycles. The summed E-state index contributed by atoms with van der Waals surface area (Å²) in [6.07, 6.45) is 1.06. The van der Waals surface area contributed by atoms with Crippen LogP contribution in [0.25, 0.3) is 16.6 Å². The van der Waals surface area contributed by atoms with Crippen molar-refractivity contribution in [3.63, 3.8) is 0 Å². The molecule has 0 bridgehead atoms. The number of carbonyl (C=O) groups is 3. The molecule has 2 N–H and O–H groups in total. The highest BCUT2D eigenvalue weighted by atomic mass is 16.5. The summed E-state index contributed by atoms with van der Waals surface area (Å²) < 4.78 is 7.19. The topological polar surface area (TPSA) is 156 Å². The Kier molecular flexibility index (Phi) is 8.98. The van der Waals surface area contributed by atoms with Crippen molar-refractivity contribution in [1.29, 1.82) is 10.5 Å². The van der Waals surface area contributed by atoms with Gasteiger partial charge < -0.3 is 25.2 Å². The van der Waals surface area contributed by atoms with Gasteiger partial charge in [0.15, 0.2) is 0 Å². The van der Waals surface area contributed by atoms with Gasteiger partial charge in [-0.3, -0.25) is 14.4 Å². The zero-order valence-electron chi connectivity index (χ0n) is 26.1. The second-order valence-electron chi connectivity index (χ2n) is 11.7. The summed E-state index contributed by atoms with van der Waals surface area (Å²) in [5.41, 5.74) is 3.49. The molecule has 1 fully saturated rings. The number of anilines is 2. The molecule has 3 amide bonds. The highest BCUT2D eigenvalue weighted by Crippen LogP contribution is 2.37. The largest absolute Gasteiger partial charge is 0.381 e. The number of ether oxygens (including phenoxy) is 1. The van der Waals surface area contributed by atoms with Gasteiger partial charge in [-0.1, -0.05) is 30.3 Å². The number of aromatic nitrogens is 2. The first kappa shape index (κ1) is 31.4. The summed E-state index contributed by atoms with van der Waals surface area (Å²) in [5, 5.41) is 31.1. The third kappa shape index (κ3) is 6.04. The zero-order valence-corrected chi connectivity index (χ0v) is 26.1. The van der Waals surface area contributed by atoms with Crippen LogP contribution in [0.3, 0.4) is 0 Å². The van der Waals surface area contributed by atoms with Crippen molar-refractivity contribution in [2.45, 2.75) is 38.4 Å². The van der Waals surface area contributed by atoms with Crippen LogP contribution in [0, 0.1) is 28.6 Å². The Hall–Kier alpha value is -5.56. The van der Waals surface area contributed by atoms with Crippen molar-refractivity contribution in [1.82, 2.24) is 20.4 Å². The number of rotatable bonds is 7. The molecule has 2 unspecified atom stereocenters. The third-order valence-electron chi connectivity index (χ3n) is 8.82. The highest BCUT2D eigenvalue weighted by Gasteiger charge is 2.40. The minimum absolute atomic E-state index is 0.00673. The minimum atomic E-state index is -1.09. The number of nitrogens with one attached hydrogen (secondary N) is 2. The first-order valence-corrected chi connectivity index (χ1v) is 15.5. The van der Waals surface area contributed by atoms with Gasteiger partial charge in [0.25, 0.3) is 5.91 Å². The van der Waals surface area contributed by atoms with E-state index in [-0.39, 0.29) is 24.9 Å². The summed E-state index contributed by atoms with van der Waals surface area (Å²) in [7, 11) is 1.65. The molecule has 2 aliphatic rings. The lowest BCUT2D eigenvalue weighted by Gasteiger charge is -2.31.